The summed E-state index contributed by atoms with van der Waals surface area (Å²) in [6.45, 7) is 0.105. The van der Waals surface area contributed by atoms with Gasteiger partial charge in [-0.1, -0.05) is 0 Å². The molecule has 1 amide bonds. The van der Waals surface area contributed by atoms with E-state index >= 15 is 0 Å². The maximum atomic E-state index is 14.0. The van der Waals surface area contributed by atoms with Gasteiger partial charge >= 0.3 is 0 Å². The van der Waals surface area contributed by atoms with Crippen LogP contribution in [0, 0.1) is 11.6 Å². The Balaban J connectivity index is 1.85. The fraction of sp³-hybridized carbons (Fsp3) is 0.333. The molecule has 2 aromatic rings. The Bertz CT molecular complexity index is 675. The molecule has 2 N–H and O–H groups in total. The molecule has 1 saturated heterocycles. The van der Waals surface area contributed by atoms with E-state index in [1.54, 1.807) is 6.07 Å². The third-order valence-electron chi connectivity index (χ3n) is 3.82. The molecule has 7 heteroatoms. The molecule has 2 heterocycles. The maximum Gasteiger partial charge on any atom is 0.229 e. The molecular formula is C15H15F2N3O2. The molecule has 0 radical (unpaired) electrons. The first-order chi connectivity index (χ1) is 10.5. The van der Waals surface area contributed by atoms with Gasteiger partial charge in [0.25, 0.3) is 0 Å². The summed E-state index contributed by atoms with van der Waals surface area (Å²) >= 11 is 0. The van der Waals surface area contributed by atoms with Crippen molar-refractivity contribution in [3.05, 3.63) is 53.4 Å². The van der Waals surface area contributed by atoms with Crippen molar-refractivity contribution in [2.24, 2.45) is 0 Å². The maximum absolute atomic E-state index is 14.0. The number of carbonyl (C=O) groups excluding carboxylic acids is 1. The van der Waals surface area contributed by atoms with E-state index in [1.807, 2.05) is 0 Å². The summed E-state index contributed by atoms with van der Waals surface area (Å²) < 4.78 is 27.3. The van der Waals surface area contributed by atoms with Gasteiger partial charge in [-0.2, -0.15) is 5.10 Å². The van der Waals surface area contributed by atoms with Gasteiger partial charge in [-0.05, 0) is 30.7 Å². The molecule has 0 bridgehead atoms. The lowest BCUT2D eigenvalue weighted by atomic mass is 10.0. The van der Waals surface area contributed by atoms with Crippen LogP contribution in [0.25, 0.3) is 0 Å². The van der Waals surface area contributed by atoms with Crippen LogP contribution in [0.15, 0.2) is 30.5 Å². The van der Waals surface area contributed by atoms with Gasteiger partial charge in [-0.3, -0.25) is 9.89 Å². The summed E-state index contributed by atoms with van der Waals surface area (Å²) in [6.07, 6.45) is 1.04. The largest absolute Gasteiger partial charge is 0.391 e. The zero-order chi connectivity index (χ0) is 15.7. The number of aromatic nitrogens is 2. The fourth-order valence-corrected chi connectivity index (χ4v) is 2.80. The van der Waals surface area contributed by atoms with Gasteiger partial charge in [-0.15, -0.1) is 0 Å². The molecule has 1 aromatic carbocycles. The van der Waals surface area contributed by atoms with Crippen LogP contribution in [0.4, 0.5) is 8.78 Å². The van der Waals surface area contributed by atoms with E-state index in [-0.39, 0.29) is 30.9 Å². The molecule has 0 unspecified atom stereocenters. The molecule has 116 valence electrons. The number of aliphatic hydroxyl groups is 1. The smallest absolute Gasteiger partial charge is 0.229 e. The molecule has 0 aliphatic carbocycles. The van der Waals surface area contributed by atoms with Gasteiger partial charge < -0.3 is 10.0 Å². The SMILES string of the molecule is O=C(Cc1ccn[nH]1)N1C[C@@H](O)C[C@@H]1c1cc(F)ccc1F. The summed E-state index contributed by atoms with van der Waals surface area (Å²) in [5.74, 6) is -1.42. The first-order valence-electron chi connectivity index (χ1n) is 6.95. The number of benzene rings is 1. The third kappa shape index (κ3) is 2.85. The predicted octanol–water partition coefficient (Wildman–Crippen LogP) is 1.56. The second-order valence-electron chi connectivity index (χ2n) is 5.38. The molecule has 0 spiro atoms. The number of nitrogens with one attached hydrogen (secondary N) is 1. The zero-order valence-corrected chi connectivity index (χ0v) is 11.7. The van der Waals surface area contributed by atoms with Gasteiger partial charge in [0.05, 0.1) is 18.6 Å². The Kier molecular flexibility index (Phi) is 3.89. The lowest BCUT2D eigenvalue weighted by molar-refractivity contribution is -0.131. The van der Waals surface area contributed by atoms with Crippen LogP contribution in [0.1, 0.15) is 23.7 Å². The van der Waals surface area contributed by atoms with Crippen molar-refractivity contribution in [2.75, 3.05) is 6.54 Å². The monoisotopic (exact) mass is 307 g/mol. The topological polar surface area (TPSA) is 69.2 Å². The molecular weight excluding hydrogens is 292 g/mol. The average Bonchev–Trinajstić information content (AvgIpc) is 3.11. The molecule has 5 nitrogen and oxygen atoms in total. The number of β-amino-alcohol motifs (C(OH)–C–C–N with tert-alkyl or cyclic N) is 1. The quantitative estimate of drug-likeness (QED) is 0.904. The molecule has 1 aliphatic heterocycles. The highest BCUT2D eigenvalue weighted by atomic mass is 19.1. The number of aliphatic hydroxyl groups excluding tert-OH is 1. The van der Waals surface area contributed by atoms with Crippen molar-refractivity contribution in [2.45, 2.75) is 25.0 Å². The lowest BCUT2D eigenvalue weighted by Crippen LogP contribution is -2.33. The van der Waals surface area contributed by atoms with Gasteiger partial charge in [-0.25, -0.2) is 8.78 Å². The first kappa shape index (κ1) is 14.6. The highest BCUT2D eigenvalue weighted by Crippen LogP contribution is 2.34. The molecule has 1 fully saturated rings. The van der Waals surface area contributed by atoms with Gasteiger partial charge in [0.1, 0.15) is 11.6 Å². The van der Waals surface area contributed by atoms with Crippen LogP contribution in [0.5, 0.6) is 0 Å². The Morgan fingerprint density at radius 2 is 2.23 bits per heavy atom. The molecule has 3 rings (SSSR count). The number of likely N-dealkylation sites (tertiary alicyclic amines) is 1. The highest BCUT2D eigenvalue weighted by Gasteiger charge is 2.36. The Labute approximate surface area is 125 Å². The number of H-pyrrole nitrogens is 1. The van der Waals surface area contributed by atoms with Crippen molar-refractivity contribution in [3.8, 4) is 0 Å². The van der Waals surface area contributed by atoms with Crippen LogP contribution in [-0.2, 0) is 11.2 Å². The lowest BCUT2D eigenvalue weighted by Gasteiger charge is -2.25. The fourth-order valence-electron chi connectivity index (χ4n) is 2.80. The molecule has 1 aliphatic rings. The predicted molar refractivity (Wildman–Crippen MR) is 73.7 cm³/mol. The number of aromatic amines is 1. The van der Waals surface area contributed by atoms with Crippen LogP contribution >= 0.6 is 0 Å². The van der Waals surface area contributed by atoms with Gasteiger partial charge in [0.2, 0.25) is 5.91 Å². The number of hydrogen-bond donors (Lipinski definition) is 2. The van der Waals surface area contributed by atoms with E-state index in [9.17, 15) is 18.7 Å². The molecule has 1 aromatic heterocycles. The number of nitrogens with zero attached hydrogens (tertiary/aromatic N) is 2. The Morgan fingerprint density at radius 3 is 2.95 bits per heavy atom. The van der Waals surface area contributed by atoms with Crippen molar-refractivity contribution in [3.63, 3.8) is 0 Å². The molecule has 0 saturated carbocycles. The van der Waals surface area contributed by atoms with Crippen LogP contribution in [0.3, 0.4) is 0 Å². The summed E-state index contributed by atoms with van der Waals surface area (Å²) in [4.78, 5) is 13.8. The van der Waals surface area contributed by atoms with E-state index in [0.29, 0.717) is 5.69 Å². The zero-order valence-electron chi connectivity index (χ0n) is 11.7. The summed E-state index contributed by atoms with van der Waals surface area (Å²) in [7, 11) is 0. The molecule has 22 heavy (non-hydrogen) atoms. The average molecular weight is 307 g/mol. The minimum absolute atomic E-state index is 0.0696. The third-order valence-corrected chi connectivity index (χ3v) is 3.82. The normalized spacial score (nSPS) is 21.3. The first-order valence-corrected chi connectivity index (χ1v) is 6.95. The summed E-state index contributed by atoms with van der Waals surface area (Å²) in [5, 5.41) is 16.3. The van der Waals surface area contributed by atoms with Crippen LogP contribution < -0.4 is 0 Å². The Hall–Kier alpha value is -2.28. The minimum atomic E-state index is -0.751. The van der Waals surface area contributed by atoms with E-state index < -0.39 is 23.8 Å². The summed E-state index contributed by atoms with van der Waals surface area (Å²) in [6, 6.07) is 4.14. The van der Waals surface area contributed by atoms with E-state index in [0.717, 1.165) is 18.2 Å². The molecule has 2 atom stereocenters. The number of hydrogen-bond acceptors (Lipinski definition) is 3. The standard InChI is InChI=1S/C15H15F2N3O2/c16-9-1-2-13(17)12(5-9)14-7-11(21)8-20(14)15(22)6-10-3-4-18-19-10/h1-5,11,14,21H,6-8H2,(H,18,19)/t11-,14+/m0/s1. The van der Waals surface area contributed by atoms with E-state index in [1.165, 1.54) is 11.1 Å². The van der Waals surface area contributed by atoms with Gasteiger partial charge in [0, 0.05) is 24.0 Å². The second kappa shape index (κ2) is 5.84. The van der Waals surface area contributed by atoms with Crippen molar-refractivity contribution in [1.29, 1.82) is 0 Å². The second-order valence-corrected chi connectivity index (χ2v) is 5.38. The van der Waals surface area contributed by atoms with E-state index in [4.69, 9.17) is 0 Å². The van der Waals surface area contributed by atoms with Gasteiger partial charge in [0.15, 0.2) is 0 Å². The van der Waals surface area contributed by atoms with Crippen LogP contribution in [-0.4, -0.2) is 38.8 Å². The summed E-state index contributed by atoms with van der Waals surface area (Å²) in [5.41, 5.74) is 0.722. The number of carbonyl (C=O) groups is 1. The highest BCUT2D eigenvalue weighted by molar-refractivity contribution is 5.79. The minimum Gasteiger partial charge on any atom is -0.391 e. The van der Waals surface area contributed by atoms with Crippen molar-refractivity contribution in [1.82, 2.24) is 15.1 Å². The van der Waals surface area contributed by atoms with Crippen LogP contribution in [0.2, 0.25) is 0 Å². The number of rotatable bonds is 3. The number of halogens is 2. The number of amides is 1. The van der Waals surface area contributed by atoms with E-state index in [2.05, 4.69) is 10.2 Å². The van der Waals surface area contributed by atoms with Crippen molar-refractivity contribution >= 4 is 5.91 Å². The van der Waals surface area contributed by atoms with Crippen molar-refractivity contribution < 1.29 is 18.7 Å². The Morgan fingerprint density at radius 1 is 1.41 bits per heavy atom.